The van der Waals surface area contributed by atoms with Crippen LogP contribution in [-0.2, 0) is 16.8 Å². The van der Waals surface area contributed by atoms with Crippen molar-refractivity contribution < 1.29 is 4.79 Å². The van der Waals surface area contributed by atoms with Crippen LogP contribution in [0.15, 0.2) is 41.8 Å². The molecule has 2 rings (SSSR count). The van der Waals surface area contributed by atoms with Crippen LogP contribution in [0.25, 0.3) is 0 Å². The summed E-state index contributed by atoms with van der Waals surface area (Å²) in [7, 11) is 1.97. The molecule has 0 aliphatic carbocycles. The average Bonchev–Trinajstić information content (AvgIpc) is 2.90. The van der Waals surface area contributed by atoms with E-state index in [4.69, 9.17) is 0 Å². The van der Waals surface area contributed by atoms with E-state index in [1.165, 1.54) is 4.88 Å². The van der Waals surface area contributed by atoms with Crippen LogP contribution in [-0.4, -0.2) is 24.4 Å². The third kappa shape index (κ3) is 4.68. The summed E-state index contributed by atoms with van der Waals surface area (Å²) >= 11 is 1.71. The third-order valence-electron chi connectivity index (χ3n) is 3.43. The smallest absolute Gasteiger partial charge is 0.238 e. The van der Waals surface area contributed by atoms with Gasteiger partial charge in [-0.3, -0.25) is 9.69 Å². The maximum atomic E-state index is 12.3. The number of thiophene rings is 1. The van der Waals surface area contributed by atoms with Crippen LogP contribution in [0, 0.1) is 0 Å². The molecule has 0 aliphatic rings. The lowest BCUT2D eigenvalue weighted by molar-refractivity contribution is -0.117. The Balaban J connectivity index is 1.98. The number of nitrogens with one attached hydrogen (secondary N) is 1. The summed E-state index contributed by atoms with van der Waals surface area (Å²) in [6, 6.07) is 12.1. The molecular formula is C18H24N2OS. The molecule has 0 saturated carbocycles. The van der Waals surface area contributed by atoms with Crippen LogP contribution in [0.2, 0.25) is 0 Å². The van der Waals surface area contributed by atoms with E-state index < -0.39 is 0 Å². The first-order valence-electron chi connectivity index (χ1n) is 7.46. The van der Waals surface area contributed by atoms with Crippen molar-refractivity contribution in [1.82, 2.24) is 4.90 Å². The van der Waals surface area contributed by atoms with Gasteiger partial charge in [-0.1, -0.05) is 45.0 Å². The molecule has 0 fully saturated rings. The molecule has 3 nitrogen and oxygen atoms in total. The largest absolute Gasteiger partial charge is 0.325 e. The Labute approximate surface area is 137 Å². The molecule has 1 amide bonds. The molecule has 2 aromatic rings. The Morgan fingerprint density at radius 1 is 1.18 bits per heavy atom. The summed E-state index contributed by atoms with van der Waals surface area (Å²) in [6.07, 6.45) is 0. The molecule has 1 heterocycles. The van der Waals surface area contributed by atoms with Crippen molar-refractivity contribution in [3.8, 4) is 0 Å². The van der Waals surface area contributed by atoms with Crippen molar-refractivity contribution in [2.75, 3.05) is 18.9 Å². The third-order valence-corrected chi connectivity index (χ3v) is 4.29. The molecule has 1 N–H and O–H groups in total. The van der Waals surface area contributed by atoms with Crippen LogP contribution in [0.5, 0.6) is 0 Å². The molecule has 0 spiro atoms. The van der Waals surface area contributed by atoms with Gasteiger partial charge in [0.1, 0.15) is 0 Å². The van der Waals surface area contributed by atoms with Gasteiger partial charge in [0.05, 0.1) is 6.54 Å². The lowest BCUT2D eigenvalue weighted by atomic mass is 9.86. The molecule has 118 valence electrons. The van der Waals surface area contributed by atoms with Gasteiger partial charge in [-0.05, 0) is 35.5 Å². The van der Waals surface area contributed by atoms with E-state index in [0.29, 0.717) is 6.54 Å². The van der Waals surface area contributed by atoms with Gasteiger partial charge in [-0.25, -0.2) is 0 Å². The molecule has 0 atom stereocenters. The maximum Gasteiger partial charge on any atom is 0.238 e. The number of rotatable bonds is 5. The van der Waals surface area contributed by atoms with E-state index in [9.17, 15) is 4.79 Å². The average molecular weight is 316 g/mol. The monoisotopic (exact) mass is 316 g/mol. The lowest BCUT2D eigenvalue weighted by Gasteiger charge is -2.23. The highest BCUT2D eigenvalue weighted by molar-refractivity contribution is 7.09. The Morgan fingerprint density at radius 2 is 1.91 bits per heavy atom. The highest BCUT2D eigenvalue weighted by Crippen LogP contribution is 2.29. The van der Waals surface area contributed by atoms with Gasteiger partial charge in [-0.2, -0.15) is 0 Å². The molecule has 0 radical (unpaired) electrons. The van der Waals surface area contributed by atoms with Gasteiger partial charge >= 0.3 is 0 Å². The van der Waals surface area contributed by atoms with Gasteiger partial charge in [0, 0.05) is 17.1 Å². The topological polar surface area (TPSA) is 32.3 Å². The summed E-state index contributed by atoms with van der Waals surface area (Å²) in [5.74, 6) is 0.0238. The quantitative estimate of drug-likeness (QED) is 0.900. The van der Waals surface area contributed by atoms with Gasteiger partial charge in [0.25, 0.3) is 0 Å². The summed E-state index contributed by atoms with van der Waals surface area (Å²) in [6.45, 7) is 7.64. The van der Waals surface area contributed by atoms with Crippen LogP contribution >= 0.6 is 11.3 Å². The maximum absolute atomic E-state index is 12.3. The minimum Gasteiger partial charge on any atom is -0.325 e. The Kier molecular flexibility index (Phi) is 5.37. The zero-order chi connectivity index (χ0) is 16.2. The summed E-state index contributed by atoms with van der Waals surface area (Å²) in [5, 5.41) is 5.11. The predicted molar refractivity (Wildman–Crippen MR) is 94.4 cm³/mol. The number of carbonyl (C=O) groups excluding carboxylic acids is 1. The fourth-order valence-corrected chi connectivity index (χ4v) is 3.19. The molecule has 22 heavy (non-hydrogen) atoms. The van der Waals surface area contributed by atoms with Crippen molar-refractivity contribution in [2.45, 2.75) is 32.7 Å². The number of para-hydroxylation sites is 1. The summed E-state index contributed by atoms with van der Waals surface area (Å²) < 4.78 is 0. The Hall–Kier alpha value is -1.65. The second-order valence-electron chi connectivity index (χ2n) is 6.60. The number of carbonyl (C=O) groups is 1. The second-order valence-corrected chi connectivity index (χ2v) is 7.63. The first-order chi connectivity index (χ1) is 10.4. The van der Waals surface area contributed by atoms with E-state index in [0.717, 1.165) is 17.8 Å². The molecule has 0 aliphatic heterocycles. The van der Waals surface area contributed by atoms with E-state index >= 15 is 0 Å². The van der Waals surface area contributed by atoms with Gasteiger partial charge in [0.15, 0.2) is 0 Å². The SMILES string of the molecule is CN(CC(=O)Nc1ccccc1C(C)(C)C)Cc1cccs1. The highest BCUT2D eigenvalue weighted by atomic mass is 32.1. The first kappa shape index (κ1) is 16.7. The number of anilines is 1. The number of amides is 1. The van der Waals surface area contributed by atoms with Crippen molar-refractivity contribution >= 4 is 22.9 Å². The molecule has 0 unspecified atom stereocenters. The van der Waals surface area contributed by atoms with Crippen LogP contribution < -0.4 is 5.32 Å². The second kappa shape index (κ2) is 7.07. The van der Waals surface area contributed by atoms with Crippen LogP contribution in [0.4, 0.5) is 5.69 Å². The zero-order valence-corrected chi connectivity index (χ0v) is 14.5. The minimum absolute atomic E-state index is 0.00669. The van der Waals surface area contributed by atoms with Gasteiger partial charge in [0.2, 0.25) is 5.91 Å². The predicted octanol–water partition coefficient (Wildman–Crippen LogP) is 4.12. The molecular weight excluding hydrogens is 292 g/mol. The summed E-state index contributed by atoms with van der Waals surface area (Å²) in [4.78, 5) is 15.6. The van der Waals surface area contributed by atoms with Crippen molar-refractivity contribution in [2.24, 2.45) is 0 Å². The van der Waals surface area contributed by atoms with E-state index in [2.05, 4.69) is 43.6 Å². The van der Waals surface area contributed by atoms with Crippen LogP contribution in [0.3, 0.4) is 0 Å². The molecule has 1 aromatic carbocycles. The van der Waals surface area contributed by atoms with E-state index in [1.807, 2.05) is 36.2 Å². The lowest BCUT2D eigenvalue weighted by Crippen LogP contribution is -2.30. The summed E-state index contributed by atoms with van der Waals surface area (Å²) in [5.41, 5.74) is 2.07. The van der Waals surface area contributed by atoms with E-state index in [-0.39, 0.29) is 11.3 Å². The molecule has 0 bridgehead atoms. The van der Waals surface area contributed by atoms with Crippen molar-refractivity contribution in [3.05, 3.63) is 52.2 Å². The molecule has 1 aromatic heterocycles. The van der Waals surface area contributed by atoms with Crippen LogP contribution in [0.1, 0.15) is 31.2 Å². The molecule has 0 saturated heterocycles. The highest BCUT2D eigenvalue weighted by Gasteiger charge is 2.18. The van der Waals surface area contributed by atoms with Gasteiger partial charge < -0.3 is 5.32 Å². The number of nitrogens with zero attached hydrogens (tertiary/aromatic N) is 1. The first-order valence-corrected chi connectivity index (χ1v) is 8.34. The molecule has 4 heteroatoms. The number of hydrogen-bond acceptors (Lipinski definition) is 3. The zero-order valence-electron chi connectivity index (χ0n) is 13.7. The van der Waals surface area contributed by atoms with Crippen molar-refractivity contribution in [3.63, 3.8) is 0 Å². The number of hydrogen-bond donors (Lipinski definition) is 1. The Morgan fingerprint density at radius 3 is 2.55 bits per heavy atom. The minimum atomic E-state index is 0.00669. The number of likely N-dealkylation sites (N-methyl/N-ethyl adjacent to an activating group) is 1. The van der Waals surface area contributed by atoms with Crippen molar-refractivity contribution in [1.29, 1.82) is 0 Å². The fourth-order valence-electron chi connectivity index (χ4n) is 2.41. The number of benzene rings is 1. The Bertz CT molecular complexity index is 614. The standard InChI is InChI=1S/C18H24N2OS/c1-18(2,3)15-9-5-6-10-16(15)19-17(21)13-20(4)12-14-8-7-11-22-14/h5-11H,12-13H2,1-4H3,(H,19,21). The van der Waals surface area contributed by atoms with Gasteiger partial charge in [-0.15, -0.1) is 11.3 Å². The normalized spacial score (nSPS) is 11.7. The fraction of sp³-hybridized carbons (Fsp3) is 0.389. The van der Waals surface area contributed by atoms with E-state index in [1.54, 1.807) is 11.3 Å².